The molecule has 1 saturated heterocycles. The topological polar surface area (TPSA) is 29.5 Å². The van der Waals surface area contributed by atoms with Crippen LogP contribution in [0.15, 0.2) is 48.5 Å². The molecule has 2 aromatic carbocycles. The van der Waals surface area contributed by atoms with Crippen molar-refractivity contribution in [2.24, 2.45) is 5.92 Å². The Morgan fingerprint density at radius 1 is 1.08 bits per heavy atom. The fraction of sp³-hybridized carbons (Fsp3) is 0.316. The van der Waals surface area contributed by atoms with Gasteiger partial charge in [-0.1, -0.05) is 41.4 Å². The Morgan fingerprint density at radius 3 is 2.50 bits per heavy atom. The number of ether oxygens (including phenoxy) is 1. The molecule has 0 bridgehead atoms. The normalized spacial score (nSPS) is 15.3. The fourth-order valence-electron chi connectivity index (χ4n) is 2.87. The molecule has 3 rings (SSSR count). The number of benzene rings is 2. The zero-order chi connectivity index (χ0) is 16.9. The quantitative estimate of drug-likeness (QED) is 0.770. The summed E-state index contributed by atoms with van der Waals surface area (Å²) < 4.78 is 5.82. The van der Waals surface area contributed by atoms with Crippen molar-refractivity contribution in [2.45, 2.75) is 12.8 Å². The van der Waals surface area contributed by atoms with Crippen LogP contribution in [0.25, 0.3) is 0 Å². The van der Waals surface area contributed by atoms with Gasteiger partial charge in [0.05, 0.1) is 17.2 Å². The molecule has 1 fully saturated rings. The molecule has 1 amide bonds. The average Bonchev–Trinajstić information content (AvgIpc) is 2.63. The van der Waals surface area contributed by atoms with Crippen LogP contribution in [0, 0.1) is 5.92 Å². The molecule has 0 radical (unpaired) electrons. The van der Waals surface area contributed by atoms with Gasteiger partial charge in [-0.25, -0.2) is 0 Å². The van der Waals surface area contributed by atoms with E-state index in [-0.39, 0.29) is 5.91 Å². The van der Waals surface area contributed by atoms with Crippen molar-refractivity contribution >= 4 is 29.1 Å². The Bertz CT molecular complexity index is 698. The van der Waals surface area contributed by atoms with E-state index in [1.54, 1.807) is 18.2 Å². The molecule has 0 aromatic heterocycles. The number of hydrogen-bond donors (Lipinski definition) is 0. The van der Waals surface area contributed by atoms with E-state index in [2.05, 4.69) is 0 Å². The molecule has 5 heteroatoms. The minimum atomic E-state index is -0.0510. The van der Waals surface area contributed by atoms with Gasteiger partial charge in [0.1, 0.15) is 5.75 Å². The molecule has 0 aliphatic carbocycles. The summed E-state index contributed by atoms with van der Waals surface area (Å²) in [7, 11) is 0. The smallest absolute Gasteiger partial charge is 0.255 e. The summed E-state index contributed by atoms with van der Waals surface area (Å²) in [5, 5.41) is 0.966. The summed E-state index contributed by atoms with van der Waals surface area (Å²) in [4.78, 5) is 14.5. The highest BCUT2D eigenvalue weighted by Gasteiger charge is 2.25. The number of nitrogens with zero attached hydrogens (tertiary/aromatic N) is 1. The Morgan fingerprint density at radius 2 is 1.79 bits per heavy atom. The van der Waals surface area contributed by atoms with Crippen molar-refractivity contribution in [3.63, 3.8) is 0 Å². The van der Waals surface area contributed by atoms with Crippen LogP contribution >= 0.6 is 23.2 Å². The van der Waals surface area contributed by atoms with E-state index in [1.165, 1.54) is 0 Å². The van der Waals surface area contributed by atoms with E-state index in [0.29, 0.717) is 41.2 Å². The summed E-state index contributed by atoms with van der Waals surface area (Å²) in [5.74, 6) is 1.30. The molecule has 24 heavy (non-hydrogen) atoms. The summed E-state index contributed by atoms with van der Waals surface area (Å²) in [6.07, 6.45) is 1.85. The number of halogens is 2. The van der Waals surface area contributed by atoms with Gasteiger partial charge >= 0.3 is 0 Å². The highest BCUT2D eigenvalue weighted by Crippen LogP contribution is 2.25. The molecule has 1 heterocycles. The van der Waals surface area contributed by atoms with Gasteiger partial charge in [-0.05, 0) is 49.1 Å². The first-order chi connectivity index (χ1) is 11.6. The van der Waals surface area contributed by atoms with Crippen LogP contribution in [0.2, 0.25) is 10.0 Å². The molecular weight excluding hydrogens is 345 g/mol. The number of hydrogen-bond acceptors (Lipinski definition) is 2. The Balaban J connectivity index is 1.53. The molecule has 1 aliphatic rings. The molecule has 126 valence electrons. The lowest BCUT2D eigenvalue weighted by molar-refractivity contribution is 0.0661. The molecule has 0 N–H and O–H groups in total. The van der Waals surface area contributed by atoms with Crippen LogP contribution in [0.5, 0.6) is 5.75 Å². The second-order valence-corrected chi connectivity index (χ2v) is 6.83. The van der Waals surface area contributed by atoms with Crippen molar-refractivity contribution in [3.8, 4) is 5.75 Å². The largest absolute Gasteiger partial charge is 0.493 e. The lowest BCUT2D eigenvalue weighted by Crippen LogP contribution is -2.39. The van der Waals surface area contributed by atoms with E-state index in [9.17, 15) is 4.79 Å². The number of carbonyl (C=O) groups excluding carboxylic acids is 1. The maximum atomic E-state index is 12.6. The summed E-state index contributed by atoms with van der Waals surface area (Å²) in [5.41, 5.74) is 0.475. The fourth-order valence-corrected chi connectivity index (χ4v) is 3.24. The predicted octanol–water partition coefficient (Wildman–Crippen LogP) is 4.92. The highest BCUT2D eigenvalue weighted by atomic mass is 35.5. The zero-order valence-corrected chi connectivity index (χ0v) is 14.8. The van der Waals surface area contributed by atoms with Crippen LogP contribution < -0.4 is 4.74 Å². The van der Waals surface area contributed by atoms with Crippen LogP contribution in [0.3, 0.4) is 0 Å². The van der Waals surface area contributed by atoms with Gasteiger partial charge in [0.25, 0.3) is 5.91 Å². The average molecular weight is 364 g/mol. The molecular formula is C19H19Cl2NO2. The van der Waals surface area contributed by atoms with Crippen LogP contribution in [0.1, 0.15) is 23.2 Å². The Hall–Kier alpha value is -1.71. The first kappa shape index (κ1) is 17.1. The zero-order valence-electron chi connectivity index (χ0n) is 13.3. The van der Waals surface area contributed by atoms with E-state index >= 15 is 0 Å². The summed E-state index contributed by atoms with van der Waals surface area (Å²) in [6, 6.07) is 14.8. The third-order valence-corrected chi connectivity index (χ3v) is 4.85. The third kappa shape index (κ3) is 4.22. The SMILES string of the molecule is O=C(c1cc(Cl)ccc1Cl)N1CCC(COc2ccccc2)CC1. The van der Waals surface area contributed by atoms with Crippen LogP contribution in [0.4, 0.5) is 0 Å². The highest BCUT2D eigenvalue weighted by molar-refractivity contribution is 6.35. The van der Waals surface area contributed by atoms with Crippen molar-refractivity contribution in [2.75, 3.05) is 19.7 Å². The number of amides is 1. The summed E-state index contributed by atoms with van der Waals surface area (Å²) in [6.45, 7) is 2.11. The van der Waals surface area contributed by atoms with E-state index in [1.807, 2.05) is 35.2 Å². The molecule has 0 unspecified atom stereocenters. The van der Waals surface area contributed by atoms with Gasteiger partial charge in [0.2, 0.25) is 0 Å². The van der Waals surface area contributed by atoms with E-state index < -0.39 is 0 Å². The lowest BCUT2D eigenvalue weighted by Gasteiger charge is -2.32. The molecule has 2 aromatic rings. The predicted molar refractivity (Wildman–Crippen MR) is 97.0 cm³/mol. The number of piperidine rings is 1. The second kappa shape index (κ2) is 7.91. The van der Waals surface area contributed by atoms with Crippen LogP contribution in [-0.4, -0.2) is 30.5 Å². The van der Waals surface area contributed by atoms with Crippen molar-refractivity contribution in [1.82, 2.24) is 4.90 Å². The molecule has 0 spiro atoms. The molecule has 0 saturated carbocycles. The first-order valence-electron chi connectivity index (χ1n) is 8.05. The maximum Gasteiger partial charge on any atom is 0.255 e. The van der Waals surface area contributed by atoms with Gasteiger partial charge in [-0.2, -0.15) is 0 Å². The molecule has 0 atom stereocenters. The monoisotopic (exact) mass is 363 g/mol. The van der Waals surface area contributed by atoms with Gasteiger partial charge in [-0.3, -0.25) is 4.79 Å². The third-order valence-electron chi connectivity index (χ3n) is 4.29. The Labute approximate surface area is 152 Å². The maximum absolute atomic E-state index is 12.6. The van der Waals surface area contributed by atoms with Gasteiger partial charge in [0, 0.05) is 18.1 Å². The number of para-hydroxylation sites is 1. The number of rotatable bonds is 4. The van der Waals surface area contributed by atoms with E-state index in [4.69, 9.17) is 27.9 Å². The van der Waals surface area contributed by atoms with Gasteiger partial charge < -0.3 is 9.64 Å². The molecule has 3 nitrogen and oxygen atoms in total. The lowest BCUT2D eigenvalue weighted by atomic mass is 9.97. The molecule has 1 aliphatic heterocycles. The van der Waals surface area contributed by atoms with Crippen molar-refractivity contribution in [3.05, 3.63) is 64.1 Å². The van der Waals surface area contributed by atoms with Crippen molar-refractivity contribution in [1.29, 1.82) is 0 Å². The van der Waals surface area contributed by atoms with Gasteiger partial charge in [0.15, 0.2) is 0 Å². The van der Waals surface area contributed by atoms with Crippen LogP contribution in [-0.2, 0) is 0 Å². The minimum Gasteiger partial charge on any atom is -0.493 e. The summed E-state index contributed by atoms with van der Waals surface area (Å²) >= 11 is 12.1. The minimum absolute atomic E-state index is 0.0510. The van der Waals surface area contributed by atoms with Gasteiger partial charge in [-0.15, -0.1) is 0 Å². The number of likely N-dealkylation sites (tertiary alicyclic amines) is 1. The standard InChI is InChI=1S/C19H19Cl2NO2/c20-15-6-7-18(21)17(12-15)19(23)22-10-8-14(9-11-22)13-24-16-4-2-1-3-5-16/h1-7,12,14H,8-11,13H2. The second-order valence-electron chi connectivity index (χ2n) is 5.98. The van der Waals surface area contributed by atoms with E-state index in [0.717, 1.165) is 18.6 Å². The first-order valence-corrected chi connectivity index (χ1v) is 8.81. The number of carbonyl (C=O) groups is 1. The van der Waals surface area contributed by atoms with Crippen molar-refractivity contribution < 1.29 is 9.53 Å². The Kier molecular flexibility index (Phi) is 5.64.